The smallest absolute Gasteiger partial charge is 0.225 e. The van der Waals surface area contributed by atoms with Gasteiger partial charge >= 0.3 is 0 Å². The number of hydrogen-bond acceptors (Lipinski definition) is 4. The van der Waals surface area contributed by atoms with Gasteiger partial charge in [0, 0.05) is 45.2 Å². The average Bonchev–Trinajstić information content (AvgIpc) is 3.45. The lowest BCUT2D eigenvalue weighted by molar-refractivity contribution is -0.134. The van der Waals surface area contributed by atoms with Gasteiger partial charge in [-0.15, -0.1) is 0 Å². The third-order valence-corrected chi connectivity index (χ3v) is 5.35. The van der Waals surface area contributed by atoms with Crippen LogP contribution < -0.4 is 10.6 Å². The molecule has 1 atom stereocenters. The highest BCUT2D eigenvalue weighted by atomic mass is 16.5. The van der Waals surface area contributed by atoms with Gasteiger partial charge in [0.1, 0.15) is 12.4 Å². The molecule has 2 heterocycles. The summed E-state index contributed by atoms with van der Waals surface area (Å²) in [5.74, 6) is 2.26. The van der Waals surface area contributed by atoms with Gasteiger partial charge in [-0.1, -0.05) is 12.8 Å². The fourth-order valence-corrected chi connectivity index (χ4v) is 3.85. The maximum absolute atomic E-state index is 12.5. The van der Waals surface area contributed by atoms with Crippen LogP contribution in [0.4, 0.5) is 0 Å². The van der Waals surface area contributed by atoms with Gasteiger partial charge in [-0.05, 0) is 37.8 Å². The van der Waals surface area contributed by atoms with Crippen molar-refractivity contribution in [2.45, 2.75) is 51.2 Å². The van der Waals surface area contributed by atoms with E-state index in [4.69, 9.17) is 9.15 Å². The van der Waals surface area contributed by atoms with Crippen molar-refractivity contribution in [3.63, 3.8) is 0 Å². The molecule has 0 bridgehead atoms. The first-order chi connectivity index (χ1) is 13.3. The predicted octanol–water partition coefficient (Wildman–Crippen LogP) is 2.14. The van der Waals surface area contributed by atoms with Crippen molar-refractivity contribution in [3.8, 4) is 0 Å². The maximum Gasteiger partial charge on any atom is 0.225 e. The fraction of sp³-hybridized carbons (Fsp3) is 0.700. The molecule has 0 aromatic carbocycles. The summed E-state index contributed by atoms with van der Waals surface area (Å²) >= 11 is 0. The van der Waals surface area contributed by atoms with Gasteiger partial charge in [-0.3, -0.25) is 9.79 Å². The molecule has 3 rings (SSSR count). The van der Waals surface area contributed by atoms with Gasteiger partial charge in [-0.25, -0.2) is 0 Å². The number of carbonyl (C=O) groups is 1. The molecule has 2 fully saturated rings. The molecule has 27 heavy (non-hydrogen) atoms. The Balaban J connectivity index is 1.29. The second-order valence-electron chi connectivity index (χ2n) is 7.38. The van der Waals surface area contributed by atoms with Gasteiger partial charge in [0.25, 0.3) is 0 Å². The Morgan fingerprint density at radius 1 is 1.37 bits per heavy atom. The number of nitrogens with one attached hydrogen (secondary N) is 2. The number of amides is 1. The van der Waals surface area contributed by atoms with Gasteiger partial charge in [0.15, 0.2) is 5.96 Å². The number of carbonyl (C=O) groups excluding carboxylic acids is 1. The van der Waals surface area contributed by atoms with E-state index >= 15 is 0 Å². The van der Waals surface area contributed by atoms with Crippen LogP contribution >= 0.6 is 0 Å². The molecule has 1 unspecified atom stereocenters. The molecule has 1 aromatic heterocycles. The zero-order valence-electron chi connectivity index (χ0n) is 16.3. The van der Waals surface area contributed by atoms with E-state index in [0.717, 1.165) is 57.0 Å². The number of nitrogens with zero attached hydrogens (tertiary/aromatic N) is 2. The third-order valence-electron chi connectivity index (χ3n) is 5.35. The van der Waals surface area contributed by atoms with Crippen LogP contribution in [-0.2, 0) is 16.1 Å². The second-order valence-corrected chi connectivity index (χ2v) is 7.38. The van der Waals surface area contributed by atoms with E-state index in [1.165, 1.54) is 12.8 Å². The lowest BCUT2D eigenvalue weighted by Crippen LogP contribution is -2.45. The lowest BCUT2D eigenvalue weighted by atomic mass is 10.1. The molecule has 0 radical (unpaired) electrons. The highest BCUT2D eigenvalue weighted by Crippen LogP contribution is 2.27. The van der Waals surface area contributed by atoms with Crippen molar-refractivity contribution >= 4 is 11.9 Å². The van der Waals surface area contributed by atoms with Gasteiger partial charge in [-0.2, -0.15) is 0 Å². The summed E-state index contributed by atoms with van der Waals surface area (Å²) in [5.41, 5.74) is 0. The molecule has 7 nitrogen and oxygen atoms in total. The van der Waals surface area contributed by atoms with Crippen molar-refractivity contribution in [2.24, 2.45) is 10.9 Å². The second kappa shape index (κ2) is 10.3. The van der Waals surface area contributed by atoms with E-state index in [-0.39, 0.29) is 12.0 Å². The van der Waals surface area contributed by atoms with Crippen molar-refractivity contribution in [1.82, 2.24) is 15.5 Å². The molecular weight excluding hydrogens is 344 g/mol. The highest BCUT2D eigenvalue weighted by molar-refractivity contribution is 5.81. The summed E-state index contributed by atoms with van der Waals surface area (Å²) < 4.78 is 10.8. The lowest BCUT2D eigenvalue weighted by Gasteiger charge is -2.21. The normalized spacial score (nSPS) is 21.0. The Labute approximate surface area is 161 Å². The van der Waals surface area contributed by atoms with Gasteiger partial charge in [0.05, 0.1) is 6.26 Å². The molecular formula is C20H32N4O3. The molecule has 1 saturated carbocycles. The summed E-state index contributed by atoms with van der Waals surface area (Å²) in [6.45, 7) is 3.59. The minimum absolute atomic E-state index is 0.266. The monoisotopic (exact) mass is 376 g/mol. The van der Waals surface area contributed by atoms with E-state index in [9.17, 15) is 4.79 Å². The molecule has 1 aliphatic heterocycles. The van der Waals surface area contributed by atoms with E-state index < -0.39 is 0 Å². The SMILES string of the molecule is CN=C(NCCCOCc1ccco1)NC1CCN(C(=O)C2CCCC2)C1. The van der Waals surface area contributed by atoms with E-state index in [2.05, 4.69) is 15.6 Å². The Hall–Kier alpha value is -2.02. The Morgan fingerprint density at radius 3 is 2.96 bits per heavy atom. The first kappa shape index (κ1) is 19.7. The fourth-order valence-electron chi connectivity index (χ4n) is 3.85. The van der Waals surface area contributed by atoms with Crippen LogP contribution in [0.1, 0.15) is 44.3 Å². The van der Waals surface area contributed by atoms with Gasteiger partial charge < -0.3 is 24.7 Å². The van der Waals surface area contributed by atoms with Crippen LogP contribution in [0.3, 0.4) is 0 Å². The molecule has 0 spiro atoms. The van der Waals surface area contributed by atoms with Crippen LogP contribution in [0.15, 0.2) is 27.8 Å². The first-order valence-electron chi connectivity index (χ1n) is 10.1. The standard InChI is InChI=1S/C20H32N4O3/c1-21-20(22-10-5-12-26-15-18-8-4-13-27-18)23-17-9-11-24(14-17)19(25)16-6-2-3-7-16/h4,8,13,16-17H,2-3,5-7,9-12,14-15H2,1H3,(H2,21,22,23). The van der Waals surface area contributed by atoms with Gasteiger partial charge in [0.2, 0.25) is 5.91 Å². The van der Waals surface area contributed by atoms with Crippen molar-refractivity contribution in [2.75, 3.05) is 33.3 Å². The molecule has 1 amide bonds. The topological polar surface area (TPSA) is 79.1 Å². The molecule has 2 aliphatic rings. The number of rotatable bonds is 8. The predicted molar refractivity (Wildman–Crippen MR) is 104 cm³/mol. The molecule has 150 valence electrons. The largest absolute Gasteiger partial charge is 0.467 e. The Kier molecular flexibility index (Phi) is 7.56. The zero-order valence-corrected chi connectivity index (χ0v) is 16.3. The molecule has 1 aliphatic carbocycles. The average molecular weight is 377 g/mol. The number of likely N-dealkylation sites (tertiary alicyclic amines) is 1. The van der Waals surface area contributed by atoms with Crippen LogP contribution in [0.25, 0.3) is 0 Å². The number of ether oxygens (including phenoxy) is 1. The number of furan rings is 1. The summed E-state index contributed by atoms with van der Waals surface area (Å²) in [5, 5.41) is 6.76. The van der Waals surface area contributed by atoms with Crippen molar-refractivity contribution in [1.29, 1.82) is 0 Å². The van der Waals surface area contributed by atoms with E-state index in [1.807, 2.05) is 17.0 Å². The summed E-state index contributed by atoms with van der Waals surface area (Å²) in [4.78, 5) is 18.9. The Morgan fingerprint density at radius 2 is 2.22 bits per heavy atom. The van der Waals surface area contributed by atoms with E-state index in [0.29, 0.717) is 19.1 Å². The van der Waals surface area contributed by atoms with Crippen molar-refractivity contribution in [3.05, 3.63) is 24.2 Å². The number of hydrogen-bond donors (Lipinski definition) is 2. The number of aliphatic imine (C=N–C) groups is 1. The maximum atomic E-state index is 12.5. The van der Waals surface area contributed by atoms with Crippen LogP contribution in [0.2, 0.25) is 0 Å². The van der Waals surface area contributed by atoms with E-state index in [1.54, 1.807) is 13.3 Å². The number of guanidine groups is 1. The first-order valence-corrected chi connectivity index (χ1v) is 10.1. The van der Waals surface area contributed by atoms with Crippen molar-refractivity contribution < 1.29 is 13.9 Å². The zero-order chi connectivity index (χ0) is 18.9. The quantitative estimate of drug-likeness (QED) is 0.413. The molecule has 1 saturated heterocycles. The minimum Gasteiger partial charge on any atom is -0.467 e. The third kappa shape index (κ3) is 5.99. The Bertz CT molecular complexity index is 596. The van der Waals surface area contributed by atoms with Crippen LogP contribution in [0, 0.1) is 5.92 Å². The summed E-state index contributed by atoms with van der Waals surface area (Å²) in [6, 6.07) is 4.05. The minimum atomic E-state index is 0.266. The summed E-state index contributed by atoms with van der Waals surface area (Å²) in [7, 11) is 1.78. The highest BCUT2D eigenvalue weighted by Gasteiger charge is 2.32. The molecule has 1 aromatic rings. The van der Waals surface area contributed by atoms with Crippen LogP contribution in [-0.4, -0.2) is 56.1 Å². The molecule has 2 N–H and O–H groups in total. The summed E-state index contributed by atoms with van der Waals surface area (Å²) in [6.07, 6.45) is 8.06. The molecule has 7 heteroatoms. The van der Waals surface area contributed by atoms with Crippen LogP contribution in [0.5, 0.6) is 0 Å².